The van der Waals surface area contributed by atoms with Crippen molar-refractivity contribution in [1.29, 1.82) is 0 Å². The summed E-state index contributed by atoms with van der Waals surface area (Å²) in [6, 6.07) is 10.9. The van der Waals surface area contributed by atoms with Crippen LogP contribution in [0.3, 0.4) is 0 Å². The van der Waals surface area contributed by atoms with E-state index in [0.29, 0.717) is 30.8 Å². The van der Waals surface area contributed by atoms with Gasteiger partial charge in [-0.15, -0.1) is 10.2 Å². The van der Waals surface area contributed by atoms with E-state index >= 15 is 0 Å². The van der Waals surface area contributed by atoms with E-state index in [-0.39, 0.29) is 18.0 Å². The first-order valence-electron chi connectivity index (χ1n) is 9.67. The molecule has 8 nitrogen and oxygen atoms in total. The first kappa shape index (κ1) is 22.0. The Bertz CT molecular complexity index is 1170. The molecule has 0 bridgehead atoms. The first-order valence-corrected chi connectivity index (χ1v) is 11.1. The van der Waals surface area contributed by atoms with Gasteiger partial charge in [0.25, 0.3) is 0 Å². The average Bonchev–Trinajstić information content (AvgIpc) is 2.80. The zero-order valence-electron chi connectivity index (χ0n) is 16.7. The lowest BCUT2D eigenvalue weighted by Crippen LogP contribution is -2.49. The summed E-state index contributed by atoms with van der Waals surface area (Å²) in [4.78, 5) is 5.45. The minimum absolute atomic E-state index is 0.122. The predicted molar refractivity (Wildman–Crippen MR) is 112 cm³/mol. The maximum absolute atomic E-state index is 13.0. The van der Waals surface area contributed by atoms with E-state index in [4.69, 9.17) is 0 Å². The Morgan fingerprint density at radius 2 is 1.62 bits per heavy atom. The van der Waals surface area contributed by atoms with Crippen molar-refractivity contribution in [3.8, 4) is 0 Å². The highest BCUT2D eigenvalue weighted by Crippen LogP contribution is 2.31. The quantitative estimate of drug-likeness (QED) is 0.620. The van der Waals surface area contributed by atoms with Crippen molar-refractivity contribution in [2.24, 2.45) is 0 Å². The van der Waals surface area contributed by atoms with Gasteiger partial charge in [0.2, 0.25) is 10.0 Å². The minimum atomic E-state index is -4.61. The van der Waals surface area contributed by atoms with E-state index < -0.39 is 21.8 Å². The molecule has 32 heavy (non-hydrogen) atoms. The molecule has 0 saturated carbocycles. The zero-order chi connectivity index (χ0) is 22.8. The van der Waals surface area contributed by atoms with E-state index in [0.717, 1.165) is 17.8 Å². The highest BCUT2D eigenvalue weighted by molar-refractivity contribution is 7.89. The Balaban J connectivity index is 1.40. The summed E-state index contributed by atoms with van der Waals surface area (Å²) in [5.41, 5.74) is -0.177. The topological polar surface area (TPSA) is 91.3 Å². The molecule has 1 N–H and O–H groups in total. The van der Waals surface area contributed by atoms with Crippen molar-refractivity contribution in [2.75, 3.05) is 36.4 Å². The molecule has 0 amide bonds. The van der Waals surface area contributed by atoms with Gasteiger partial charge in [0.1, 0.15) is 0 Å². The van der Waals surface area contributed by atoms with Crippen LogP contribution in [0.15, 0.2) is 65.8 Å². The van der Waals surface area contributed by atoms with Crippen LogP contribution in [-0.4, -0.2) is 54.1 Å². The number of rotatable bonds is 5. The molecule has 1 aliphatic heterocycles. The van der Waals surface area contributed by atoms with Crippen LogP contribution in [0, 0.1) is 0 Å². The summed E-state index contributed by atoms with van der Waals surface area (Å²) in [7, 11) is -4.04. The Morgan fingerprint density at radius 3 is 2.25 bits per heavy atom. The monoisotopic (exact) mass is 464 g/mol. The number of nitrogens with one attached hydrogen (secondary N) is 1. The number of anilines is 3. The van der Waals surface area contributed by atoms with Crippen LogP contribution in [0.25, 0.3) is 0 Å². The molecule has 4 rings (SSSR count). The van der Waals surface area contributed by atoms with Crippen LogP contribution < -0.4 is 10.2 Å². The van der Waals surface area contributed by atoms with E-state index in [1.165, 1.54) is 10.4 Å². The number of aromatic nitrogens is 3. The normalized spacial score (nSPS) is 15.5. The van der Waals surface area contributed by atoms with Gasteiger partial charge >= 0.3 is 6.18 Å². The summed E-state index contributed by atoms with van der Waals surface area (Å²) >= 11 is 0. The molecule has 0 aliphatic carbocycles. The Hall–Kier alpha value is -3.25. The SMILES string of the molecule is O=S(=O)(c1cccc(C(F)(F)F)c1)N1CCN(c2ccc(Nc3ccncc3)nn2)CC1. The van der Waals surface area contributed by atoms with Gasteiger partial charge in [-0.05, 0) is 42.5 Å². The number of sulfonamides is 1. The molecule has 3 aromatic rings. The van der Waals surface area contributed by atoms with Crippen molar-refractivity contribution >= 4 is 27.3 Å². The van der Waals surface area contributed by atoms with Gasteiger partial charge < -0.3 is 10.2 Å². The van der Waals surface area contributed by atoms with E-state index in [2.05, 4.69) is 20.5 Å². The molecule has 0 radical (unpaired) electrons. The lowest BCUT2D eigenvalue weighted by atomic mass is 10.2. The first-order chi connectivity index (χ1) is 15.2. The summed E-state index contributed by atoms with van der Waals surface area (Å²) in [6.45, 7) is 0.919. The molecule has 3 heterocycles. The maximum atomic E-state index is 13.0. The zero-order valence-corrected chi connectivity index (χ0v) is 17.5. The van der Waals surface area contributed by atoms with E-state index in [1.807, 2.05) is 4.90 Å². The molecular formula is C20H19F3N6O2S. The highest BCUT2D eigenvalue weighted by Gasteiger charge is 2.34. The summed E-state index contributed by atoms with van der Waals surface area (Å²) in [5.74, 6) is 1.13. The lowest BCUT2D eigenvalue weighted by Gasteiger charge is -2.34. The third-order valence-electron chi connectivity index (χ3n) is 4.96. The van der Waals surface area contributed by atoms with Gasteiger partial charge in [-0.25, -0.2) is 8.42 Å². The van der Waals surface area contributed by atoms with E-state index in [9.17, 15) is 21.6 Å². The fourth-order valence-electron chi connectivity index (χ4n) is 3.28. The maximum Gasteiger partial charge on any atom is 0.416 e. The number of nitrogens with zero attached hydrogens (tertiary/aromatic N) is 5. The number of pyridine rings is 1. The number of halogens is 3. The van der Waals surface area contributed by atoms with Crippen molar-refractivity contribution in [1.82, 2.24) is 19.5 Å². The second-order valence-corrected chi connectivity index (χ2v) is 8.99. The van der Waals surface area contributed by atoms with Gasteiger partial charge in [-0.3, -0.25) is 4.98 Å². The van der Waals surface area contributed by atoms with Crippen molar-refractivity contribution < 1.29 is 21.6 Å². The van der Waals surface area contributed by atoms with Crippen molar-refractivity contribution in [2.45, 2.75) is 11.1 Å². The third kappa shape index (κ3) is 4.81. The van der Waals surface area contributed by atoms with Gasteiger partial charge in [0.15, 0.2) is 11.6 Å². The molecule has 168 valence electrons. The number of benzene rings is 1. The number of hydrogen-bond acceptors (Lipinski definition) is 7. The number of piperazine rings is 1. The second kappa shape index (κ2) is 8.71. The fraction of sp³-hybridized carbons (Fsp3) is 0.250. The molecule has 1 aromatic carbocycles. The molecule has 1 saturated heterocycles. The molecule has 0 atom stereocenters. The van der Waals surface area contributed by atoms with Gasteiger partial charge in [-0.1, -0.05) is 6.07 Å². The van der Waals surface area contributed by atoms with Gasteiger partial charge in [0, 0.05) is 44.3 Å². The number of alkyl halides is 3. The van der Waals surface area contributed by atoms with Crippen molar-refractivity contribution in [3.63, 3.8) is 0 Å². The summed E-state index contributed by atoms with van der Waals surface area (Å²) < 4.78 is 65.7. The molecule has 12 heteroatoms. The highest BCUT2D eigenvalue weighted by atomic mass is 32.2. The summed E-state index contributed by atoms with van der Waals surface area (Å²) in [5, 5.41) is 11.4. The molecular weight excluding hydrogens is 445 g/mol. The lowest BCUT2D eigenvalue weighted by molar-refractivity contribution is -0.137. The molecule has 1 fully saturated rings. The van der Waals surface area contributed by atoms with Gasteiger partial charge in [0.05, 0.1) is 10.5 Å². The largest absolute Gasteiger partial charge is 0.416 e. The smallest absolute Gasteiger partial charge is 0.352 e. The Kier molecular flexibility index (Phi) is 5.98. The van der Waals surface area contributed by atoms with Crippen LogP contribution in [0.4, 0.5) is 30.5 Å². The predicted octanol–water partition coefficient (Wildman–Crippen LogP) is 3.14. The Morgan fingerprint density at radius 1 is 0.906 bits per heavy atom. The van der Waals surface area contributed by atoms with Crippen LogP contribution >= 0.6 is 0 Å². The second-order valence-electron chi connectivity index (χ2n) is 7.05. The fourth-order valence-corrected chi connectivity index (χ4v) is 4.75. The van der Waals surface area contributed by atoms with Crippen LogP contribution in [-0.2, 0) is 16.2 Å². The third-order valence-corrected chi connectivity index (χ3v) is 6.86. The average molecular weight is 464 g/mol. The van der Waals surface area contributed by atoms with Crippen LogP contribution in [0.1, 0.15) is 5.56 Å². The van der Waals surface area contributed by atoms with Crippen LogP contribution in [0.2, 0.25) is 0 Å². The van der Waals surface area contributed by atoms with Crippen molar-refractivity contribution in [3.05, 3.63) is 66.5 Å². The van der Waals surface area contributed by atoms with E-state index in [1.54, 1.807) is 36.7 Å². The molecule has 0 spiro atoms. The standard InChI is InChI=1S/C20H19F3N6O2S/c21-20(22,23)15-2-1-3-17(14-15)32(30,31)29-12-10-28(11-13-29)19-5-4-18(26-27-19)25-16-6-8-24-9-7-16/h1-9,14H,10-13H2,(H,24,25,26). The molecule has 2 aromatic heterocycles. The Labute approximate surface area is 182 Å². The van der Waals surface area contributed by atoms with Gasteiger partial charge in [-0.2, -0.15) is 17.5 Å². The summed E-state index contributed by atoms with van der Waals surface area (Å²) in [6.07, 6.45) is -1.31. The number of hydrogen-bond donors (Lipinski definition) is 1. The van der Waals surface area contributed by atoms with Crippen LogP contribution in [0.5, 0.6) is 0 Å². The molecule has 1 aliphatic rings. The molecule has 0 unspecified atom stereocenters. The minimum Gasteiger partial charge on any atom is -0.352 e.